The molecule has 0 aliphatic carbocycles. The lowest BCUT2D eigenvalue weighted by atomic mass is 10.1. The van der Waals surface area contributed by atoms with Gasteiger partial charge in [0.2, 0.25) is 0 Å². The number of hydrogen-bond donors (Lipinski definition) is 1. The lowest BCUT2D eigenvalue weighted by Crippen LogP contribution is -2.53. The summed E-state index contributed by atoms with van der Waals surface area (Å²) in [7, 11) is 1.89. The number of carboxylic acids is 1. The van der Waals surface area contributed by atoms with Gasteiger partial charge in [-0.15, -0.1) is 0 Å². The van der Waals surface area contributed by atoms with Crippen LogP contribution in [0, 0.1) is 0 Å². The first-order valence-electron chi connectivity index (χ1n) is 3.60. The summed E-state index contributed by atoms with van der Waals surface area (Å²) in [6.45, 7) is 3.37. The maximum absolute atomic E-state index is 10.7. The van der Waals surface area contributed by atoms with Crippen LogP contribution in [0.3, 0.4) is 0 Å². The second-order valence-corrected chi connectivity index (χ2v) is 3.12. The zero-order chi connectivity index (χ0) is 8.48. The topological polar surface area (TPSA) is 49.8 Å². The van der Waals surface area contributed by atoms with E-state index in [9.17, 15) is 4.79 Å². The Kier molecular flexibility index (Phi) is 2.15. The Bertz CT molecular complexity index is 171. The summed E-state index contributed by atoms with van der Waals surface area (Å²) in [5, 5.41) is 8.76. The zero-order valence-electron chi connectivity index (χ0n) is 6.83. The third-order valence-corrected chi connectivity index (χ3v) is 1.92. The van der Waals surface area contributed by atoms with Crippen LogP contribution in [-0.2, 0) is 9.53 Å². The Morgan fingerprint density at radius 3 is 2.73 bits per heavy atom. The average molecular weight is 159 g/mol. The van der Waals surface area contributed by atoms with Crippen molar-refractivity contribution < 1.29 is 14.6 Å². The van der Waals surface area contributed by atoms with Gasteiger partial charge in [-0.05, 0) is 14.0 Å². The van der Waals surface area contributed by atoms with Crippen LogP contribution < -0.4 is 0 Å². The second-order valence-electron chi connectivity index (χ2n) is 3.12. The van der Waals surface area contributed by atoms with Gasteiger partial charge in [-0.1, -0.05) is 0 Å². The summed E-state index contributed by atoms with van der Waals surface area (Å²) >= 11 is 0. The van der Waals surface area contributed by atoms with E-state index in [1.54, 1.807) is 6.92 Å². The van der Waals surface area contributed by atoms with Gasteiger partial charge in [-0.3, -0.25) is 0 Å². The van der Waals surface area contributed by atoms with Crippen LogP contribution in [0.2, 0.25) is 0 Å². The number of nitrogens with zero attached hydrogens (tertiary/aromatic N) is 1. The highest BCUT2D eigenvalue weighted by atomic mass is 16.5. The largest absolute Gasteiger partial charge is 0.479 e. The van der Waals surface area contributed by atoms with Crippen LogP contribution in [-0.4, -0.2) is 48.3 Å². The minimum atomic E-state index is -1.01. The van der Waals surface area contributed by atoms with Crippen LogP contribution in [0.5, 0.6) is 0 Å². The minimum Gasteiger partial charge on any atom is -0.479 e. The molecular weight excluding hydrogens is 146 g/mol. The van der Waals surface area contributed by atoms with Crippen LogP contribution in [0.15, 0.2) is 0 Å². The molecule has 4 heteroatoms. The molecule has 64 valence electrons. The first-order chi connectivity index (χ1) is 5.04. The summed E-state index contributed by atoms with van der Waals surface area (Å²) in [4.78, 5) is 12.6. The summed E-state index contributed by atoms with van der Waals surface area (Å²) < 4.78 is 5.16. The first-order valence-corrected chi connectivity index (χ1v) is 3.60. The highest BCUT2D eigenvalue weighted by Crippen LogP contribution is 2.16. The lowest BCUT2D eigenvalue weighted by molar-refractivity contribution is -0.173. The summed E-state index contributed by atoms with van der Waals surface area (Å²) in [5.41, 5.74) is -1.01. The Morgan fingerprint density at radius 1 is 1.73 bits per heavy atom. The van der Waals surface area contributed by atoms with Crippen molar-refractivity contribution in [3.05, 3.63) is 0 Å². The molecule has 1 N–H and O–H groups in total. The van der Waals surface area contributed by atoms with Crippen LogP contribution in [0.4, 0.5) is 0 Å². The van der Waals surface area contributed by atoms with Gasteiger partial charge in [0, 0.05) is 13.1 Å². The van der Waals surface area contributed by atoms with Crippen LogP contribution in [0.1, 0.15) is 6.92 Å². The lowest BCUT2D eigenvalue weighted by Gasteiger charge is -2.35. The van der Waals surface area contributed by atoms with Crippen molar-refractivity contribution in [2.24, 2.45) is 0 Å². The molecule has 11 heavy (non-hydrogen) atoms. The quantitative estimate of drug-likeness (QED) is 0.575. The van der Waals surface area contributed by atoms with E-state index in [0.717, 1.165) is 6.54 Å². The van der Waals surface area contributed by atoms with Gasteiger partial charge in [0.25, 0.3) is 0 Å². The number of aliphatic carboxylic acids is 1. The molecular formula is C7H13NO3. The first kappa shape index (κ1) is 8.49. The van der Waals surface area contributed by atoms with Gasteiger partial charge in [0.1, 0.15) is 0 Å². The molecule has 0 amide bonds. The minimum absolute atomic E-state index is 0.461. The summed E-state index contributed by atoms with van der Waals surface area (Å²) in [6, 6.07) is 0. The third-order valence-electron chi connectivity index (χ3n) is 1.92. The molecule has 0 unspecified atom stereocenters. The molecule has 1 saturated heterocycles. The van der Waals surface area contributed by atoms with Crippen molar-refractivity contribution in [1.82, 2.24) is 4.90 Å². The predicted molar refractivity (Wildman–Crippen MR) is 39.5 cm³/mol. The molecule has 0 aromatic carbocycles. The molecule has 0 bridgehead atoms. The molecule has 1 rings (SSSR count). The number of hydrogen-bond acceptors (Lipinski definition) is 3. The summed E-state index contributed by atoms with van der Waals surface area (Å²) in [6.07, 6.45) is 0. The van der Waals surface area contributed by atoms with E-state index in [2.05, 4.69) is 0 Å². The fraction of sp³-hybridized carbons (Fsp3) is 0.857. The van der Waals surface area contributed by atoms with E-state index in [4.69, 9.17) is 9.84 Å². The number of ether oxygens (including phenoxy) is 1. The molecule has 0 aromatic heterocycles. The number of carboxylic acid groups (broad SMARTS) is 1. The molecule has 1 heterocycles. The van der Waals surface area contributed by atoms with Gasteiger partial charge in [-0.2, -0.15) is 0 Å². The molecule has 1 aliphatic rings. The maximum Gasteiger partial charge on any atom is 0.337 e. The normalized spacial score (nSPS) is 33.6. The monoisotopic (exact) mass is 159 g/mol. The molecule has 0 spiro atoms. The Balaban J connectivity index is 2.63. The van der Waals surface area contributed by atoms with Gasteiger partial charge < -0.3 is 14.7 Å². The Morgan fingerprint density at radius 2 is 2.36 bits per heavy atom. The van der Waals surface area contributed by atoms with Crippen LogP contribution in [0.25, 0.3) is 0 Å². The number of morpholine rings is 1. The van der Waals surface area contributed by atoms with Gasteiger partial charge in [0.05, 0.1) is 6.61 Å². The molecule has 0 aromatic rings. The van der Waals surface area contributed by atoms with E-state index in [0.29, 0.717) is 13.2 Å². The smallest absolute Gasteiger partial charge is 0.337 e. The van der Waals surface area contributed by atoms with Gasteiger partial charge in [0.15, 0.2) is 5.60 Å². The highest BCUT2D eigenvalue weighted by molar-refractivity contribution is 5.77. The van der Waals surface area contributed by atoms with Crippen molar-refractivity contribution in [1.29, 1.82) is 0 Å². The zero-order valence-corrected chi connectivity index (χ0v) is 6.83. The SMILES string of the molecule is CN1CCO[C@](C)(C(=O)O)C1. The fourth-order valence-electron chi connectivity index (χ4n) is 1.20. The maximum atomic E-state index is 10.7. The van der Waals surface area contributed by atoms with Crippen molar-refractivity contribution in [3.63, 3.8) is 0 Å². The van der Waals surface area contributed by atoms with Crippen molar-refractivity contribution in [3.8, 4) is 0 Å². The molecule has 1 atom stereocenters. The van der Waals surface area contributed by atoms with E-state index in [1.807, 2.05) is 11.9 Å². The van der Waals surface area contributed by atoms with Gasteiger partial charge >= 0.3 is 5.97 Å². The van der Waals surface area contributed by atoms with E-state index in [-0.39, 0.29) is 0 Å². The van der Waals surface area contributed by atoms with E-state index in [1.165, 1.54) is 0 Å². The number of likely N-dealkylation sites (N-methyl/N-ethyl adjacent to an activating group) is 1. The van der Waals surface area contributed by atoms with Gasteiger partial charge in [-0.25, -0.2) is 4.79 Å². The average Bonchev–Trinajstić information content (AvgIpc) is 1.86. The van der Waals surface area contributed by atoms with Crippen molar-refractivity contribution >= 4 is 5.97 Å². The highest BCUT2D eigenvalue weighted by Gasteiger charge is 2.37. The summed E-state index contributed by atoms with van der Waals surface area (Å²) in [5.74, 6) is -0.885. The number of rotatable bonds is 1. The Hall–Kier alpha value is -0.610. The molecule has 1 fully saturated rings. The third kappa shape index (κ3) is 1.70. The molecule has 0 saturated carbocycles. The van der Waals surface area contributed by atoms with E-state index < -0.39 is 11.6 Å². The van der Waals surface area contributed by atoms with Crippen molar-refractivity contribution in [2.75, 3.05) is 26.7 Å². The van der Waals surface area contributed by atoms with Crippen molar-refractivity contribution in [2.45, 2.75) is 12.5 Å². The molecule has 4 nitrogen and oxygen atoms in total. The second kappa shape index (κ2) is 2.79. The van der Waals surface area contributed by atoms with E-state index >= 15 is 0 Å². The standard InChI is InChI=1S/C7H13NO3/c1-7(6(9)10)5-8(2)3-4-11-7/h3-5H2,1-2H3,(H,9,10)/t7-/m0/s1. The number of carbonyl (C=O) groups is 1. The Labute approximate surface area is 65.8 Å². The fourth-order valence-corrected chi connectivity index (χ4v) is 1.20. The predicted octanol–water partition coefficient (Wildman–Crippen LogP) is -0.208. The molecule has 1 aliphatic heterocycles. The molecule has 0 radical (unpaired) electrons. The van der Waals surface area contributed by atoms with Crippen LogP contribution >= 0.6 is 0 Å².